The highest BCUT2D eigenvalue weighted by Gasteiger charge is 2.08. The molecule has 1 rings (SSSR count). The zero-order chi connectivity index (χ0) is 11.3. The first-order valence-electron chi connectivity index (χ1n) is 5.85. The molecule has 2 unspecified atom stereocenters. The van der Waals surface area contributed by atoms with Gasteiger partial charge in [-0.3, -0.25) is 4.68 Å². The van der Waals surface area contributed by atoms with Crippen LogP contribution in [0, 0.1) is 5.92 Å². The Kier molecular flexibility index (Phi) is 4.82. The molecule has 0 spiro atoms. The van der Waals surface area contributed by atoms with Crippen LogP contribution in [0.5, 0.6) is 0 Å². The van der Waals surface area contributed by atoms with Crippen molar-refractivity contribution >= 4 is 0 Å². The van der Waals surface area contributed by atoms with E-state index >= 15 is 0 Å². The number of nitrogens with two attached hydrogens (primary N) is 1. The van der Waals surface area contributed by atoms with Crippen LogP contribution < -0.4 is 5.73 Å². The lowest BCUT2D eigenvalue weighted by Crippen LogP contribution is -2.23. The van der Waals surface area contributed by atoms with Gasteiger partial charge >= 0.3 is 0 Å². The summed E-state index contributed by atoms with van der Waals surface area (Å²) in [5.41, 5.74) is 7.37. The Bertz CT molecular complexity index is 280. The van der Waals surface area contributed by atoms with Gasteiger partial charge in [0.05, 0.1) is 6.20 Å². The average Bonchev–Trinajstić information content (AvgIpc) is 2.61. The first-order chi connectivity index (χ1) is 7.11. The maximum Gasteiger partial charge on any atom is 0.0521 e. The maximum absolute atomic E-state index is 6.08. The lowest BCUT2D eigenvalue weighted by Gasteiger charge is -2.15. The fourth-order valence-corrected chi connectivity index (χ4v) is 1.75. The van der Waals surface area contributed by atoms with E-state index in [1.807, 2.05) is 17.9 Å². The van der Waals surface area contributed by atoms with E-state index < -0.39 is 0 Å². The predicted molar refractivity (Wildman–Crippen MR) is 63.6 cm³/mol. The Labute approximate surface area is 92.7 Å². The van der Waals surface area contributed by atoms with E-state index in [1.54, 1.807) is 0 Å². The van der Waals surface area contributed by atoms with Gasteiger partial charge in [-0.25, -0.2) is 0 Å². The van der Waals surface area contributed by atoms with E-state index in [0.29, 0.717) is 6.04 Å². The third kappa shape index (κ3) is 4.47. The highest BCUT2D eigenvalue weighted by atomic mass is 15.2. The number of aromatic nitrogens is 2. The number of rotatable bonds is 6. The third-order valence-electron chi connectivity index (χ3n) is 2.96. The number of nitrogens with zero attached hydrogens (tertiary/aromatic N) is 2. The van der Waals surface area contributed by atoms with Gasteiger partial charge in [-0.15, -0.1) is 0 Å². The van der Waals surface area contributed by atoms with Crippen LogP contribution in [-0.4, -0.2) is 15.8 Å². The first kappa shape index (κ1) is 12.2. The molecule has 1 aromatic rings. The molecule has 3 nitrogen and oxygen atoms in total. The minimum atomic E-state index is 0.333. The molecule has 1 aromatic heterocycles. The Morgan fingerprint density at radius 1 is 1.53 bits per heavy atom. The fourth-order valence-electron chi connectivity index (χ4n) is 1.75. The molecule has 1 heterocycles. The van der Waals surface area contributed by atoms with Gasteiger partial charge in [-0.2, -0.15) is 5.10 Å². The van der Waals surface area contributed by atoms with E-state index in [-0.39, 0.29) is 0 Å². The van der Waals surface area contributed by atoms with Crippen LogP contribution in [0.4, 0.5) is 0 Å². The summed E-state index contributed by atoms with van der Waals surface area (Å²) in [5, 5.41) is 4.15. The van der Waals surface area contributed by atoms with Crippen molar-refractivity contribution in [3.63, 3.8) is 0 Å². The normalized spacial score (nSPS) is 15.2. The van der Waals surface area contributed by atoms with Gasteiger partial charge in [0.25, 0.3) is 0 Å². The van der Waals surface area contributed by atoms with Crippen LogP contribution in [-0.2, 0) is 13.5 Å². The minimum absolute atomic E-state index is 0.333. The monoisotopic (exact) mass is 209 g/mol. The molecule has 86 valence electrons. The number of hydrogen-bond acceptors (Lipinski definition) is 2. The summed E-state index contributed by atoms with van der Waals surface area (Å²) in [4.78, 5) is 0. The molecule has 15 heavy (non-hydrogen) atoms. The standard InChI is InChI=1S/C12H23N3/c1-4-10(2)7-12(13)6-5-11-8-14-15(3)9-11/h8-10,12H,4-7,13H2,1-3H3. The second-order valence-corrected chi connectivity index (χ2v) is 4.57. The minimum Gasteiger partial charge on any atom is -0.328 e. The molecule has 0 bridgehead atoms. The van der Waals surface area contributed by atoms with E-state index in [0.717, 1.165) is 25.2 Å². The molecular weight excluding hydrogens is 186 g/mol. The zero-order valence-corrected chi connectivity index (χ0v) is 10.1. The second kappa shape index (κ2) is 5.91. The first-order valence-corrected chi connectivity index (χ1v) is 5.85. The summed E-state index contributed by atoms with van der Waals surface area (Å²) in [6.07, 6.45) is 8.46. The number of aryl methyl sites for hydroxylation is 2. The molecule has 0 aromatic carbocycles. The zero-order valence-electron chi connectivity index (χ0n) is 10.1. The lowest BCUT2D eigenvalue weighted by molar-refractivity contribution is 0.436. The number of hydrogen-bond donors (Lipinski definition) is 1. The second-order valence-electron chi connectivity index (χ2n) is 4.57. The molecule has 2 N–H and O–H groups in total. The van der Waals surface area contributed by atoms with Crippen molar-refractivity contribution in [2.75, 3.05) is 0 Å². The van der Waals surface area contributed by atoms with Gasteiger partial charge in [0.2, 0.25) is 0 Å². The average molecular weight is 209 g/mol. The summed E-state index contributed by atoms with van der Waals surface area (Å²) in [6, 6.07) is 0.333. The van der Waals surface area contributed by atoms with E-state index in [9.17, 15) is 0 Å². The van der Waals surface area contributed by atoms with Crippen molar-refractivity contribution < 1.29 is 0 Å². The van der Waals surface area contributed by atoms with Crippen molar-refractivity contribution in [2.24, 2.45) is 18.7 Å². The van der Waals surface area contributed by atoms with Crippen molar-refractivity contribution in [3.8, 4) is 0 Å². The molecule has 0 amide bonds. The smallest absolute Gasteiger partial charge is 0.0521 e. The molecule has 0 aliphatic rings. The Morgan fingerprint density at radius 3 is 2.80 bits per heavy atom. The van der Waals surface area contributed by atoms with Crippen molar-refractivity contribution in [1.82, 2.24) is 9.78 Å². The van der Waals surface area contributed by atoms with Gasteiger partial charge in [-0.05, 0) is 30.7 Å². The Morgan fingerprint density at radius 2 is 2.27 bits per heavy atom. The SMILES string of the molecule is CCC(C)CC(N)CCc1cnn(C)c1. The topological polar surface area (TPSA) is 43.8 Å². The van der Waals surface area contributed by atoms with Crippen molar-refractivity contribution in [1.29, 1.82) is 0 Å². The molecule has 2 atom stereocenters. The van der Waals surface area contributed by atoms with Crippen molar-refractivity contribution in [3.05, 3.63) is 18.0 Å². The summed E-state index contributed by atoms with van der Waals surface area (Å²) in [6.45, 7) is 4.49. The fraction of sp³-hybridized carbons (Fsp3) is 0.750. The van der Waals surface area contributed by atoms with Crippen LogP contribution in [0.1, 0.15) is 38.7 Å². The highest BCUT2D eigenvalue weighted by molar-refractivity contribution is 5.03. The van der Waals surface area contributed by atoms with E-state index in [2.05, 4.69) is 25.1 Å². The Hall–Kier alpha value is -0.830. The Balaban J connectivity index is 2.25. The van der Waals surface area contributed by atoms with Crippen LogP contribution in [0.25, 0.3) is 0 Å². The largest absolute Gasteiger partial charge is 0.328 e. The maximum atomic E-state index is 6.08. The summed E-state index contributed by atoms with van der Waals surface area (Å²) < 4.78 is 1.84. The summed E-state index contributed by atoms with van der Waals surface area (Å²) >= 11 is 0. The molecule has 0 saturated carbocycles. The van der Waals surface area contributed by atoms with Gasteiger partial charge in [0, 0.05) is 19.3 Å². The van der Waals surface area contributed by atoms with Crippen LogP contribution >= 0.6 is 0 Å². The lowest BCUT2D eigenvalue weighted by atomic mass is 9.96. The third-order valence-corrected chi connectivity index (χ3v) is 2.96. The van der Waals surface area contributed by atoms with Gasteiger partial charge in [-0.1, -0.05) is 20.3 Å². The molecule has 0 aliphatic heterocycles. The van der Waals surface area contributed by atoms with Crippen LogP contribution in [0.3, 0.4) is 0 Å². The molecular formula is C12H23N3. The molecule has 0 fully saturated rings. The molecule has 0 aliphatic carbocycles. The quantitative estimate of drug-likeness (QED) is 0.780. The van der Waals surface area contributed by atoms with Gasteiger partial charge in [0.1, 0.15) is 0 Å². The molecule has 0 saturated heterocycles. The molecule has 0 radical (unpaired) electrons. The molecule has 3 heteroatoms. The van der Waals surface area contributed by atoms with Gasteiger partial charge in [0.15, 0.2) is 0 Å². The van der Waals surface area contributed by atoms with Crippen LogP contribution in [0.2, 0.25) is 0 Å². The van der Waals surface area contributed by atoms with Gasteiger partial charge < -0.3 is 5.73 Å². The van der Waals surface area contributed by atoms with Crippen LogP contribution in [0.15, 0.2) is 12.4 Å². The summed E-state index contributed by atoms with van der Waals surface area (Å²) in [5.74, 6) is 0.744. The van der Waals surface area contributed by atoms with E-state index in [1.165, 1.54) is 12.0 Å². The summed E-state index contributed by atoms with van der Waals surface area (Å²) in [7, 11) is 1.95. The predicted octanol–water partition coefficient (Wildman–Crippen LogP) is 2.12. The van der Waals surface area contributed by atoms with Crippen molar-refractivity contribution in [2.45, 2.75) is 45.6 Å². The van der Waals surface area contributed by atoms with E-state index in [4.69, 9.17) is 5.73 Å². The highest BCUT2D eigenvalue weighted by Crippen LogP contribution is 2.12.